The van der Waals surface area contributed by atoms with E-state index in [4.69, 9.17) is 23.2 Å². The van der Waals surface area contributed by atoms with Gasteiger partial charge in [-0.1, -0.05) is 79.0 Å². The first kappa shape index (κ1) is 31.5. The molecule has 7 nitrogen and oxygen atoms in total. The molecule has 0 fully saturated rings. The lowest BCUT2D eigenvalue weighted by Crippen LogP contribution is -2.52. The molecule has 40 heavy (non-hydrogen) atoms. The summed E-state index contributed by atoms with van der Waals surface area (Å²) in [5, 5.41) is 3.33. The molecule has 0 spiro atoms. The van der Waals surface area contributed by atoms with Crippen molar-refractivity contribution in [3.8, 4) is 0 Å². The van der Waals surface area contributed by atoms with E-state index in [-0.39, 0.29) is 33.1 Å². The van der Waals surface area contributed by atoms with Crippen LogP contribution in [0.2, 0.25) is 10.0 Å². The van der Waals surface area contributed by atoms with Crippen molar-refractivity contribution in [3.63, 3.8) is 0 Å². The first-order valence-corrected chi connectivity index (χ1v) is 15.3. The number of halogens is 2. The number of hydrogen-bond donors (Lipinski definition) is 1. The van der Waals surface area contributed by atoms with E-state index in [0.29, 0.717) is 13.0 Å². The van der Waals surface area contributed by atoms with Crippen molar-refractivity contribution < 1.29 is 18.0 Å². The van der Waals surface area contributed by atoms with E-state index in [0.717, 1.165) is 27.4 Å². The van der Waals surface area contributed by atoms with Gasteiger partial charge in [-0.15, -0.1) is 0 Å². The highest BCUT2D eigenvalue weighted by Crippen LogP contribution is 2.30. The molecular weight excluding hydrogens is 569 g/mol. The van der Waals surface area contributed by atoms with Gasteiger partial charge in [-0.05, 0) is 68.1 Å². The van der Waals surface area contributed by atoms with Gasteiger partial charge in [0.25, 0.3) is 10.0 Å². The zero-order chi connectivity index (χ0) is 29.4. The van der Waals surface area contributed by atoms with Gasteiger partial charge in [-0.25, -0.2) is 8.42 Å². The number of carbonyl (C=O) groups is 2. The Bertz CT molecular complexity index is 1430. The predicted octanol–water partition coefficient (Wildman–Crippen LogP) is 6.14. The van der Waals surface area contributed by atoms with Crippen LogP contribution < -0.4 is 9.62 Å². The molecule has 10 heteroatoms. The van der Waals surface area contributed by atoms with Gasteiger partial charge in [0.05, 0.1) is 10.6 Å². The summed E-state index contributed by atoms with van der Waals surface area (Å²) < 4.78 is 28.9. The third-order valence-electron chi connectivity index (χ3n) is 6.56. The highest BCUT2D eigenvalue weighted by molar-refractivity contribution is 7.92. The molecule has 3 aromatic rings. The minimum Gasteiger partial charge on any atom is -0.354 e. The highest BCUT2D eigenvalue weighted by Gasteiger charge is 2.34. The number of carbonyl (C=O) groups excluding carboxylic acids is 2. The second-order valence-electron chi connectivity index (χ2n) is 9.62. The molecule has 3 aromatic carbocycles. The van der Waals surface area contributed by atoms with Crippen LogP contribution in [-0.2, 0) is 26.2 Å². The molecule has 214 valence electrons. The van der Waals surface area contributed by atoms with E-state index in [9.17, 15) is 18.0 Å². The van der Waals surface area contributed by atoms with E-state index in [1.165, 1.54) is 35.2 Å². The quantitative estimate of drug-likeness (QED) is 0.269. The molecule has 2 amide bonds. The van der Waals surface area contributed by atoms with Crippen molar-refractivity contribution >= 4 is 50.7 Å². The lowest BCUT2D eigenvalue weighted by Gasteiger charge is -2.33. The third-order valence-corrected chi connectivity index (χ3v) is 8.78. The smallest absolute Gasteiger partial charge is 0.264 e. The number of hydrogen-bond acceptors (Lipinski definition) is 4. The first-order valence-electron chi connectivity index (χ1n) is 13.1. The maximum atomic E-state index is 14.1. The lowest BCUT2D eigenvalue weighted by atomic mass is 10.1. The molecule has 0 saturated heterocycles. The minimum absolute atomic E-state index is 0.0141. The second kappa shape index (κ2) is 14.0. The van der Waals surface area contributed by atoms with E-state index < -0.39 is 28.5 Å². The molecule has 0 aliphatic heterocycles. The van der Waals surface area contributed by atoms with Crippen LogP contribution in [0.4, 0.5) is 5.69 Å². The summed E-state index contributed by atoms with van der Waals surface area (Å²) in [6.07, 6.45) is 1.09. The molecule has 0 radical (unpaired) electrons. The van der Waals surface area contributed by atoms with Crippen molar-refractivity contribution in [1.29, 1.82) is 0 Å². The average Bonchev–Trinajstić information content (AvgIpc) is 2.90. The van der Waals surface area contributed by atoms with Gasteiger partial charge in [0.2, 0.25) is 11.8 Å². The van der Waals surface area contributed by atoms with Gasteiger partial charge in [0.1, 0.15) is 12.6 Å². The highest BCUT2D eigenvalue weighted by atomic mass is 35.5. The van der Waals surface area contributed by atoms with Crippen molar-refractivity contribution in [2.24, 2.45) is 0 Å². The molecule has 1 atom stereocenters. The summed E-state index contributed by atoms with van der Waals surface area (Å²) in [5.41, 5.74) is 2.85. The molecule has 0 aromatic heterocycles. The normalized spacial score (nSPS) is 12.1. The maximum Gasteiger partial charge on any atom is 0.264 e. The van der Waals surface area contributed by atoms with Crippen molar-refractivity contribution in [2.75, 3.05) is 17.4 Å². The summed E-state index contributed by atoms with van der Waals surface area (Å²) in [6.45, 7) is 7.60. The van der Waals surface area contributed by atoms with Crippen molar-refractivity contribution in [2.45, 2.75) is 58.0 Å². The minimum atomic E-state index is -4.21. The average molecular weight is 605 g/mol. The number of rotatable bonds is 12. The van der Waals surface area contributed by atoms with Crippen molar-refractivity contribution in [3.05, 3.63) is 93.5 Å². The van der Waals surface area contributed by atoms with E-state index in [1.54, 1.807) is 12.1 Å². The van der Waals surface area contributed by atoms with E-state index in [2.05, 4.69) is 5.32 Å². The first-order chi connectivity index (χ1) is 19.0. The molecule has 0 aliphatic carbocycles. The fourth-order valence-corrected chi connectivity index (χ4v) is 6.22. The number of aryl methyl sites for hydroxylation is 2. The molecule has 0 heterocycles. The summed E-state index contributed by atoms with van der Waals surface area (Å²) in [5.74, 6) is -0.821. The Labute approximate surface area is 247 Å². The van der Waals surface area contributed by atoms with Gasteiger partial charge in [0.15, 0.2) is 0 Å². The van der Waals surface area contributed by atoms with Crippen LogP contribution in [0.3, 0.4) is 0 Å². The molecule has 0 bridgehead atoms. The van der Waals surface area contributed by atoms with Crippen LogP contribution in [0.25, 0.3) is 0 Å². The number of nitrogens with zero attached hydrogens (tertiary/aromatic N) is 2. The van der Waals surface area contributed by atoms with Crippen LogP contribution in [0.1, 0.15) is 43.4 Å². The largest absolute Gasteiger partial charge is 0.354 e. The molecular formula is C30H35Cl2N3O4S. The van der Waals surface area contributed by atoms with Gasteiger partial charge >= 0.3 is 0 Å². The molecule has 1 N–H and O–H groups in total. The van der Waals surface area contributed by atoms with E-state index >= 15 is 0 Å². The van der Waals surface area contributed by atoms with E-state index in [1.807, 2.05) is 52.0 Å². The second-order valence-corrected chi connectivity index (χ2v) is 12.4. The number of sulfonamides is 1. The molecule has 0 saturated carbocycles. The fraction of sp³-hybridized carbons (Fsp3) is 0.333. The topological polar surface area (TPSA) is 86.8 Å². The van der Waals surface area contributed by atoms with Crippen LogP contribution in [0.15, 0.2) is 71.6 Å². The summed E-state index contributed by atoms with van der Waals surface area (Å²) in [7, 11) is -4.21. The molecule has 3 rings (SSSR count). The Kier molecular flexibility index (Phi) is 11.0. The number of amides is 2. The summed E-state index contributed by atoms with van der Waals surface area (Å²) in [6, 6.07) is 17.5. The predicted molar refractivity (Wildman–Crippen MR) is 161 cm³/mol. The lowest BCUT2D eigenvalue weighted by molar-refractivity contribution is -0.140. The summed E-state index contributed by atoms with van der Waals surface area (Å²) >= 11 is 12.5. The standard InChI is InChI=1S/C30H35Cl2N3O4S/c1-5-15-33-30(37)28(6-2)34(19-23-10-8-7-9-22(23)4)29(36)20-35(26-17-24(31)16-25(32)18-26)40(38,39)27-13-11-21(3)12-14-27/h7-14,16-18,28H,5-6,15,19-20H2,1-4H3,(H,33,37)/t28-/m0/s1. The van der Waals surface area contributed by atoms with Gasteiger partial charge < -0.3 is 10.2 Å². The number of anilines is 1. The Morgan fingerprint density at radius 3 is 2.12 bits per heavy atom. The van der Waals surface area contributed by atoms with Crippen LogP contribution in [0.5, 0.6) is 0 Å². The van der Waals surface area contributed by atoms with Crippen LogP contribution >= 0.6 is 23.2 Å². The Morgan fingerprint density at radius 2 is 1.55 bits per heavy atom. The number of nitrogens with one attached hydrogen (secondary N) is 1. The van der Waals surface area contributed by atoms with Crippen LogP contribution in [-0.4, -0.2) is 44.3 Å². The van der Waals surface area contributed by atoms with Gasteiger partial charge in [0, 0.05) is 23.1 Å². The summed E-state index contributed by atoms with van der Waals surface area (Å²) in [4.78, 5) is 28.7. The zero-order valence-electron chi connectivity index (χ0n) is 23.2. The van der Waals surface area contributed by atoms with Crippen molar-refractivity contribution in [1.82, 2.24) is 10.2 Å². The van der Waals surface area contributed by atoms with Gasteiger partial charge in [-0.2, -0.15) is 0 Å². The SMILES string of the molecule is CCCNC(=O)[C@H](CC)N(Cc1ccccc1C)C(=O)CN(c1cc(Cl)cc(Cl)c1)S(=O)(=O)c1ccc(C)cc1. The third kappa shape index (κ3) is 7.77. The molecule has 0 unspecified atom stereocenters. The Morgan fingerprint density at radius 1 is 0.925 bits per heavy atom. The van der Waals surface area contributed by atoms with Gasteiger partial charge in [-0.3, -0.25) is 13.9 Å². The Balaban J connectivity index is 2.10. The monoisotopic (exact) mass is 603 g/mol. The zero-order valence-corrected chi connectivity index (χ0v) is 25.5. The number of benzene rings is 3. The molecule has 0 aliphatic rings. The fourth-order valence-electron chi connectivity index (χ4n) is 4.31. The maximum absolute atomic E-state index is 14.1. The van der Waals surface area contributed by atoms with Crippen LogP contribution in [0, 0.1) is 13.8 Å². The Hall–Kier alpha value is -3.07.